The molecular weight excluding hydrogens is 258 g/mol. The van der Waals surface area contributed by atoms with Gasteiger partial charge < -0.3 is 14.4 Å². The summed E-state index contributed by atoms with van der Waals surface area (Å²) >= 11 is 0. The van der Waals surface area contributed by atoms with E-state index in [1.807, 2.05) is 0 Å². The van der Waals surface area contributed by atoms with Crippen LogP contribution in [0.3, 0.4) is 0 Å². The highest BCUT2D eigenvalue weighted by molar-refractivity contribution is 4.98. The zero-order valence-corrected chi connectivity index (χ0v) is 11.6. The van der Waals surface area contributed by atoms with Gasteiger partial charge >= 0.3 is 0 Å². The van der Waals surface area contributed by atoms with Crippen molar-refractivity contribution < 1.29 is 9.05 Å². The molecule has 0 saturated carbocycles. The average molecular weight is 277 g/mol. The van der Waals surface area contributed by atoms with Crippen LogP contribution < -0.4 is 5.32 Å². The van der Waals surface area contributed by atoms with Crippen molar-refractivity contribution in [1.82, 2.24) is 25.6 Å². The topological polar surface area (TPSA) is 89.9 Å². The molecule has 0 aliphatic carbocycles. The normalized spacial score (nSPS) is 19.9. The maximum absolute atomic E-state index is 5.32. The Balaban J connectivity index is 1.58. The van der Waals surface area contributed by atoms with Gasteiger partial charge in [-0.1, -0.05) is 10.3 Å². The van der Waals surface area contributed by atoms with Gasteiger partial charge in [0.2, 0.25) is 11.8 Å². The zero-order chi connectivity index (χ0) is 13.8. The lowest BCUT2D eigenvalue weighted by Crippen LogP contribution is -2.14. The fraction of sp³-hybridized carbons (Fsp3) is 0.692. The molecule has 3 heterocycles. The van der Waals surface area contributed by atoms with Crippen LogP contribution in [0, 0.1) is 12.8 Å². The maximum Gasteiger partial charge on any atom is 0.226 e. The molecule has 1 aliphatic heterocycles. The molecular formula is C13H19N5O2. The van der Waals surface area contributed by atoms with E-state index in [0.29, 0.717) is 35.8 Å². The van der Waals surface area contributed by atoms with Crippen LogP contribution >= 0.6 is 0 Å². The molecule has 1 saturated heterocycles. The van der Waals surface area contributed by atoms with E-state index in [0.717, 1.165) is 19.5 Å². The second kappa shape index (κ2) is 6.13. The first-order valence-corrected chi connectivity index (χ1v) is 7.11. The van der Waals surface area contributed by atoms with Gasteiger partial charge in [-0.05, 0) is 38.3 Å². The van der Waals surface area contributed by atoms with Crippen LogP contribution in [0.2, 0.25) is 0 Å². The van der Waals surface area contributed by atoms with Crippen LogP contribution in [0.4, 0.5) is 0 Å². The van der Waals surface area contributed by atoms with Crippen LogP contribution in [0.25, 0.3) is 0 Å². The van der Waals surface area contributed by atoms with Crippen molar-refractivity contribution in [1.29, 1.82) is 0 Å². The second-order valence-corrected chi connectivity index (χ2v) is 5.26. The molecule has 0 spiro atoms. The molecule has 0 amide bonds. The summed E-state index contributed by atoms with van der Waals surface area (Å²) in [6, 6.07) is 0. The summed E-state index contributed by atoms with van der Waals surface area (Å²) in [5, 5.41) is 11.2. The van der Waals surface area contributed by atoms with Gasteiger partial charge in [-0.25, -0.2) is 0 Å². The minimum Gasteiger partial charge on any atom is -0.340 e. The number of hydrogen-bond acceptors (Lipinski definition) is 7. The van der Waals surface area contributed by atoms with E-state index in [1.54, 1.807) is 6.92 Å². The number of hydrogen-bond donors (Lipinski definition) is 1. The van der Waals surface area contributed by atoms with Crippen molar-refractivity contribution in [3.05, 3.63) is 23.4 Å². The number of aryl methyl sites for hydroxylation is 1. The summed E-state index contributed by atoms with van der Waals surface area (Å²) in [5.74, 6) is 3.11. The summed E-state index contributed by atoms with van der Waals surface area (Å²) in [7, 11) is 0. The molecule has 0 bridgehead atoms. The Hall–Kier alpha value is -1.76. The van der Waals surface area contributed by atoms with E-state index >= 15 is 0 Å². The molecule has 0 aromatic carbocycles. The number of nitrogens with zero attached hydrogens (tertiary/aromatic N) is 4. The number of aromatic nitrogens is 4. The quantitative estimate of drug-likeness (QED) is 0.900. The van der Waals surface area contributed by atoms with Crippen LogP contribution in [0.5, 0.6) is 0 Å². The SMILES string of the molecule is Cc1nc(Cc2noc(CC3CCCNCC3)n2)no1. The van der Waals surface area contributed by atoms with Gasteiger partial charge in [-0.3, -0.25) is 0 Å². The molecule has 108 valence electrons. The lowest BCUT2D eigenvalue weighted by Gasteiger charge is -2.09. The molecule has 2 aromatic rings. The van der Waals surface area contributed by atoms with Crippen molar-refractivity contribution >= 4 is 0 Å². The monoisotopic (exact) mass is 277 g/mol. The van der Waals surface area contributed by atoms with Gasteiger partial charge in [-0.2, -0.15) is 9.97 Å². The highest BCUT2D eigenvalue weighted by atomic mass is 16.5. The first kappa shape index (κ1) is 13.2. The van der Waals surface area contributed by atoms with Crippen LogP contribution in [-0.2, 0) is 12.8 Å². The Labute approximate surface area is 117 Å². The van der Waals surface area contributed by atoms with Crippen molar-refractivity contribution in [3.63, 3.8) is 0 Å². The molecule has 1 fully saturated rings. The summed E-state index contributed by atoms with van der Waals surface area (Å²) in [6.45, 7) is 3.95. The Bertz CT molecular complexity index is 542. The average Bonchev–Trinajstić information content (AvgIpc) is 2.94. The third-order valence-electron chi connectivity index (χ3n) is 3.55. The van der Waals surface area contributed by atoms with E-state index in [-0.39, 0.29) is 0 Å². The molecule has 7 heteroatoms. The molecule has 1 N–H and O–H groups in total. The van der Waals surface area contributed by atoms with Gasteiger partial charge in [0.25, 0.3) is 0 Å². The molecule has 1 aliphatic rings. The molecule has 7 nitrogen and oxygen atoms in total. The van der Waals surface area contributed by atoms with E-state index < -0.39 is 0 Å². The minimum atomic E-state index is 0.451. The summed E-state index contributed by atoms with van der Waals surface area (Å²) in [6.07, 6.45) is 4.91. The Morgan fingerprint density at radius 3 is 2.80 bits per heavy atom. The van der Waals surface area contributed by atoms with Crippen LogP contribution in [-0.4, -0.2) is 33.4 Å². The molecule has 20 heavy (non-hydrogen) atoms. The molecule has 2 aromatic heterocycles. The first-order chi connectivity index (χ1) is 9.79. The van der Waals surface area contributed by atoms with Crippen molar-refractivity contribution in [3.8, 4) is 0 Å². The predicted molar refractivity (Wildman–Crippen MR) is 70.1 cm³/mol. The molecule has 1 atom stereocenters. The van der Waals surface area contributed by atoms with Gasteiger partial charge in [-0.15, -0.1) is 0 Å². The summed E-state index contributed by atoms with van der Waals surface area (Å²) in [5.41, 5.74) is 0. The van der Waals surface area contributed by atoms with Crippen molar-refractivity contribution in [2.45, 2.75) is 39.0 Å². The third kappa shape index (κ3) is 3.41. The van der Waals surface area contributed by atoms with E-state index in [1.165, 1.54) is 19.3 Å². The molecule has 0 radical (unpaired) electrons. The highest BCUT2D eigenvalue weighted by Gasteiger charge is 2.17. The number of rotatable bonds is 4. The van der Waals surface area contributed by atoms with Gasteiger partial charge in [0.1, 0.15) is 0 Å². The molecule has 3 rings (SSSR count). The Morgan fingerprint density at radius 2 is 1.95 bits per heavy atom. The zero-order valence-electron chi connectivity index (χ0n) is 11.6. The van der Waals surface area contributed by atoms with Gasteiger partial charge in [0, 0.05) is 13.3 Å². The van der Waals surface area contributed by atoms with Gasteiger partial charge in [0.15, 0.2) is 11.6 Å². The minimum absolute atomic E-state index is 0.451. The van der Waals surface area contributed by atoms with Crippen LogP contribution in [0.1, 0.15) is 42.7 Å². The second-order valence-electron chi connectivity index (χ2n) is 5.26. The maximum atomic E-state index is 5.32. The van der Waals surface area contributed by atoms with E-state index in [4.69, 9.17) is 9.05 Å². The smallest absolute Gasteiger partial charge is 0.226 e. The van der Waals surface area contributed by atoms with Crippen molar-refractivity contribution in [2.24, 2.45) is 5.92 Å². The summed E-state index contributed by atoms with van der Waals surface area (Å²) < 4.78 is 10.2. The lowest BCUT2D eigenvalue weighted by molar-refractivity contribution is 0.338. The lowest BCUT2D eigenvalue weighted by atomic mass is 9.97. The Morgan fingerprint density at radius 1 is 1.10 bits per heavy atom. The fourth-order valence-corrected chi connectivity index (χ4v) is 2.54. The Kier molecular flexibility index (Phi) is 4.05. The summed E-state index contributed by atoms with van der Waals surface area (Å²) in [4.78, 5) is 8.56. The molecule has 1 unspecified atom stereocenters. The van der Waals surface area contributed by atoms with E-state index in [9.17, 15) is 0 Å². The highest BCUT2D eigenvalue weighted by Crippen LogP contribution is 2.18. The van der Waals surface area contributed by atoms with E-state index in [2.05, 4.69) is 25.6 Å². The third-order valence-corrected chi connectivity index (χ3v) is 3.55. The standard InChI is InChI=1S/C13H19N5O2/c1-9-15-11(17-19-9)8-12-16-13(20-18-12)7-10-3-2-5-14-6-4-10/h10,14H,2-8H2,1H3. The first-order valence-electron chi connectivity index (χ1n) is 7.11. The van der Waals surface area contributed by atoms with Gasteiger partial charge in [0.05, 0.1) is 6.42 Å². The predicted octanol–water partition coefficient (Wildman–Crippen LogP) is 1.28. The van der Waals surface area contributed by atoms with Crippen LogP contribution in [0.15, 0.2) is 9.05 Å². The van der Waals surface area contributed by atoms with Crippen molar-refractivity contribution in [2.75, 3.05) is 13.1 Å². The largest absolute Gasteiger partial charge is 0.340 e. The number of nitrogens with one attached hydrogen (secondary N) is 1. The fourth-order valence-electron chi connectivity index (χ4n) is 2.54.